The average Bonchev–Trinajstić information content (AvgIpc) is 2.76. The summed E-state index contributed by atoms with van der Waals surface area (Å²) in [7, 11) is 0. The summed E-state index contributed by atoms with van der Waals surface area (Å²) >= 11 is 1.60. The highest BCUT2D eigenvalue weighted by molar-refractivity contribution is 7.17. The average molecular weight is 237 g/mol. The molecule has 0 aliphatic carbocycles. The molecule has 4 heteroatoms. The van der Waals surface area contributed by atoms with Gasteiger partial charge in [0, 0.05) is 24.0 Å². The molecule has 0 unspecified atom stereocenters. The Hall–Kier alpha value is -1.13. The number of aromatic nitrogens is 1. The van der Waals surface area contributed by atoms with Gasteiger partial charge in [0.2, 0.25) is 0 Å². The van der Waals surface area contributed by atoms with E-state index in [1.807, 2.05) is 23.7 Å². The van der Waals surface area contributed by atoms with Crippen LogP contribution in [0.4, 0.5) is 0 Å². The maximum absolute atomic E-state index is 12.0. The van der Waals surface area contributed by atoms with E-state index in [4.69, 9.17) is 4.74 Å². The van der Waals surface area contributed by atoms with Crippen LogP contribution in [0.1, 0.15) is 13.3 Å². The molecule has 2 aromatic rings. The molecular formula is C12H15NO2S. The highest BCUT2D eigenvalue weighted by atomic mass is 32.1. The first-order chi connectivity index (χ1) is 7.83. The van der Waals surface area contributed by atoms with Gasteiger partial charge in [0.05, 0.1) is 12.0 Å². The molecule has 0 N–H and O–H groups in total. The Morgan fingerprint density at radius 3 is 3.06 bits per heavy atom. The van der Waals surface area contributed by atoms with E-state index in [0.717, 1.165) is 23.1 Å². The summed E-state index contributed by atoms with van der Waals surface area (Å²) in [6.07, 6.45) is 2.86. The van der Waals surface area contributed by atoms with Crippen molar-refractivity contribution >= 4 is 21.4 Å². The van der Waals surface area contributed by atoms with Gasteiger partial charge in [0.25, 0.3) is 5.56 Å². The lowest BCUT2D eigenvalue weighted by molar-refractivity contribution is 0.126. The maximum atomic E-state index is 12.0. The van der Waals surface area contributed by atoms with Crippen LogP contribution in [0.3, 0.4) is 0 Å². The van der Waals surface area contributed by atoms with E-state index in [0.29, 0.717) is 13.2 Å². The maximum Gasteiger partial charge on any atom is 0.259 e. The van der Waals surface area contributed by atoms with Gasteiger partial charge in [-0.1, -0.05) is 6.92 Å². The molecule has 0 spiro atoms. The quantitative estimate of drug-likeness (QED) is 0.748. The largest absolute Gasteiger partial charge is 0.380 e. The molecule has 2 rings (SSSR count). The van der Waals surface area contributed by atoms with Crippen LogP contribution in [0.15, 0.2) is 28.5 Å². The number of pyridine rings is 1. The molecule has 0 aromatic carbocycles. The molecule has 0 aliphatic rings. The zero-order chi connectivity index (χ0) is 11.4. The van der Waals surface area contributed by atoms with E-state index in [1.54, 1.807) is 15.9 Å². The van der Waals surface area contributed by atoms with Crippen molar-refractivity contribution in [3.8, 4) is 0 Å². The van der Waals surface area contributed by atoms with Crippen LogP contribution in [0.5, 0.6) is 0 Å². The first-order valence-electron chi connectivity index (χ1n) is 5.47. The molecule has 0 amide bonds. The van der Waals surface area contributed by atoms with E-state index in [2.05, 4.69) is 6.92 Å². The molecule has 3 nitrogen and oxygen atoms in total. The third kappa shape index (κ3) is 2.33. The molecule has 86 valence electrons. The molecule has 0 saturated heterocycles. The van der Waals surface area contributed by atoms with Crippen LogP contribution < -0.4 is 5.56 Å². The Bertz CT molecular complexity index is 515. The topological polar surface area (TPSA) is 31.2 Å². The molecule has 16 heavy (non-hydrogen) atoms. The van der Waals surface area contributed by atoms with Gasteiger partial charge in [-0.15, -0.1) is 11.3 Å². The van der Waals surface area contributed by atoms with Crippen LogP contribution in [0, 0.1) is 0 Å². The van der Waals surface area contributed by atoms with Crippen LogP contribution in [0.2, 0.25) is 0 Å². The summed E-state index contributed by atoms with van der Waals surface area (Å²) in [5.41, 5.74) is 0.0823. The molecule has 0 radical (unpaired) electrons. The van der Waals surface area contributed by atoms with Crippen LogP contribution in [0.25, 0.3) is 10.1 Å². The molecule has 0 fully saturated rings. The van der Waals surface area contributed by atoms with E-state index in [1.165, 1.54) is 0 Å². The van der Waals surface area contributed by atoms with Gasteiger partial charge in [0.15, 0.2) is 0 Å². The standard InChI is InChI=1S/C12H15NO2S/c1-2-7-15-8-6-13-5-3-11-10(12(13)14)4-9-16-11/h3-5,9H,2,6-8H2,1H3. The fraction of sp³-hybridized carbons (Fsp3) is 0.417. The van der Waals surface area contributed by atoms with Crippen LogP contribution >= 0.6 is 11.3 Å². The number of rotatable bonds is 5. The molecule has 0 aliphatic heterocycles. The summed E-state index contributed by atoms with van der Waals surface area (Å²) in [6.45, 7) is 4.06. The highest BCUT2D eigenvalue weighted by Gasteiger charge is 2.02. The first kappa shape index (κ1) is 11.4. The monoisotopic (exact) mass is 237 g/mol. The number of hydrogen-bond acceptors (Lipinski definition) is 3. The lowest BCUT2D eigenvalue weighted by atomic mass is 10.3. The lowest BCUT2D eigenvalue weighted by Crippen LogP contribution is -2.21. The van der Waals surface area contributed by atoms with Gasteiger partial charge >= 0.3 is 0 Å². The van der Waals surface area contributed by atoms with Crippen molar-refractivity contribution in [3.05, 3.63) is 34.1 Å². The minimum Gasteiger partial charge on any atom is -0.380 e. The number of ether oxygens (including phenoxy) is 1. The smallest absolute Gasteiger partial charge is 0.259 e. The summed E-state index contributed by atoms with van der Waals surface area (Å²) in [5.74, 6) is 0. The second kappa shape index (κ2) is 5.27. The Morgan fingerprint density at radius 1 is 1.38 bits per heavy atom. The van der Waals surface area contributed by atoms with Gasteiger partial charge in [-0.2, -0.15) is 0 Å². The van der Waals surface area contributed by atoms with Gasteiger partial charge in [-0.3, -0.25) is 4.79 Å². The molecular weight excluding hydrogens is 222 g/mol. The number of thiophene rings is 1. The summed E-state index contributed by atoms with van der Waals surface area (Å²) in [5, 5.41) is 2.76. The Kier molecular flexibility index (Phi) is 3.74. The van der Waals surface area contributed by atoms with E-state index < -0.39 is 0 Å². The highest BCUT2D eigenvalue weighted by Crippen LogP contribution is 2.15. The zero-order valence-corrected chi connectivity index (χ0v) is 10.1. The summed E-state index contributed by atoms with van der Waals surface area (Å²) in [6, 6.07) is 3.87. The van der Waals surface area contributed by atoms with Crippen molar-refractivity contribution in [3.63, 3.8) is 0 Å². The van der Waals surface area contributed by atoms with Gasteiger partial charge in [0.1, 0.15) is 0 Å². The summed E-state index contributed by atoms with van der Waals surface area (Å²) in [4.78, 5) is 12.0. The molecule has 0 bridgehead atoms. The number of nitrogens with zero attached hydrogens (tertiary/aromatic N) is 1. The van der Waals surface area contributed by atoms with Crippen LogP contribution in [-0.2, 0) is 11.3 Å². The van der Waals surface area contributed by atoms with Gasteiger partial charge in [-0.25, -0.2) is 0 Å². The minimum atomic E-state index is 0.0823. The number of fused-ring (bicyclic) bond motifs is 1. The van der Waals surface area contributed by atoms with E-state index >= 15 is 0 Å². The third-order valence-corrected chi connectivity index (χ3v) is 3.30. The lowest BCUT2D eigenvalue weighted by Gasteiger charge is -2.06. The van der Waals surface area contributed by atoms with Crippen molar-refractivity contribution in [1.82, 2.24) is 4.57 Å². The first-order valence-corrected chi connectivity index (χ1v) is 6.35. The third-order valence-electron chi connectivity index (χ3n) is 2.42. The Morgan fingerprint density at radius 2 is 2.25 bits per heavy atom. The minimum absolute atomic E-state index is 0.0823. The number of hydrogen-bond donors (Lipinski definition) is 0. The molecule has 2 heterocycles. The Balaban J connectivity index is 2.12. The summed E-state index contributed by atoms with van der Waals surface area (Å²) < 4.78 is 8.14. The van der Waals surface area contributed by atoms with Gasteiger partial charge < -0.3 is 9.30 Å². The fourth-order valence-corrected chi connectivity index (χ4v) is 2.36. The van der Waals surface area contributed by atoms with E-state index in [-0.39, 0.29) is 5.56 Å². The van der Waals surface area contributed by atoms with Crippen molar-refractivity contribution in [2.45, 2.75) is 19.9 Å². The fourth-order valence-electron chi connectivity index (χ4n) is 1.59. The predicted octanol–water partition coefficient (Wildman–Crippen LogP) is 2.49. The van der Waals surface area contributed by atoms with E-state index in [9.17, 15) is 4.79 Å². The zero-order valence-electron chi connectivity index (χ0n) is 9.31. The molecule has 0 atom stereocenters. The predicted molar refractivity (Wildman–Crippen MR) is 67.2 cm³/mol. The second-order valence-electron chi connectivity index (χ2n) is 3.63. The molecule has 2 aromatic heterocycles. The van der Waals surface area contributed by atoms with Gasteiger partial charge in [-0.05, 0) is 23.9 Å². The Labute approximate surface area is 98.3 Å². The van der Waals surface area contributed by atoms with Crippen molar-refractivity contribution in [2.24, 2.45) is 0 Å². The molecule has 0 saturated carbocycles. The van der Waals surface area contributed by atoms with Crippen molar-refractivity contribution in [2.75, 3.05) is 13.2 Å². The normalized spacial score (nSPS) is 11.1. The van der Waals surface area contributed by atoms with Crippen molar-refractivity contribution < 1.29 is 4.74 Å². The SMILES string of the molecule is CCCOCCn1ccc2sccc2c1=O. The van der Waals surface area contributed by atoms with Crippen LogP contribution in [-0.4, -0.2) is 17.8 Å². The second-order valence-corrected chi connectivity index (χ2v) is 4.57. The van der Waals surface area contributed by atoms with Crippen molar-refractivity contribution in [1.29, 1.82) is 0 Å².